The summed E-state index contributed by atoms with van der Waals surface area (Å²) >= 11 is 11.3. The largest absolute Gasteiger partial charge is 0.360 e. The van der Waals surface area contributed by atoms with Crippen molar-refractivity contribution in [2.75, 3.05) is 24.4 Å². The van der Waals surface area contributed by atoms with Crippen LogP contribution in [0, 0.1) is 0 Å². The minimum Gasteiger partial charge on any atom is -0.360 e. The molecule has 0 bridgehead atoms. The zero-order valence-electron chi connectivity index (χ0n) is 8.08. The second-order valence-corrected chi connectivity index (χ2v) is 3.72. The lowest BCUT2D eigenvalue weighted by Crippen LogP contribution is -2.19. The molecule has 1 aromatic heterocycles. The van der Waals surface area contributed by atoms with Gasteiger partial charge in [0.1, 0.15) is 5.82 Å². The zero-order chi connectivity index (χ0) is 10.4. The fourth-order valence-corrected chi connectivity index (χ4v) is 1.43. The first-order valence-electron chi connectivity index (χ1n) is 4.49. The van der Waals surface area contributed by atoms with E-state index in [0.717, 1.165) is 25.2 Å². The van der Waals surface area contributed by atoms with Crippen LogP contribution in [0.1, 0.15) is 12.8 Å². The molecular weight excluding hydrogens is 221 g/mol. The molecule has 0 aromatic carbocycles. The fourth-order valence-electron chi connectivity index (χ4n) is 1.10. The number of alkyl halides is 1. The summed E-state index contributed by atoms with van der Waals surface area (Å²) in [7, 11) is 1.98. The van der Waals surface area contributed by atoms with Gasteiger partial charge in [0.05, 0.1) is 0 Å². The van der Waals surface area contributed by atoms with E-state index in [4.69, 9.17) is 23.2 Å². The standard InChI is InChI=1S/C9H13Cl2N3/c1-14(7-3-2-5-10)8-4-6-12-9(11)13-8/h4,6H,2-3,5,7H2,1H3. The summed E-state index contributed by atoms with van der Waals surface area (Å²) in [6, 6.07) is 1.84. The predicted octanol–water partition coefficient (Wildman–Crippen LogP) is 2.59. The number of hydrogen-bond acceptors (Lipinski definition) is 3. The van der Waals surface area contributed by atoms with Crippen molar-refractivity contribution < 1.29 is 0 Å². The lowest BCUT2D eigenvalue weighted by atomic mass is 10.3. The van der Waals surface area contributed by atoms with Gasteiger partial charge in [0, 0.05) is 25.7 Å². The average molecular weight is 234 g/mol. The Labute approximate surface area is 94.1 Å². The Hall–Kier alpha value is -0.540. The molecule has 0 N–H and O–H groups in total. The van der Waals surface area contributed by atoms with Gasteiger partial charge in [-0.05, 0) is 30.5 Å². The van der Waals surface area contributed by atoms with Gasteiger partial charge in [-0.25, -0.2) is 9.97 Å². The Morgan fingerprint density at radius 2 is 2.21 bits per heavy atom. The van der Waals surface area contributed by atoms with Crippen molar-refractivity contribution in [2.24, 2.45) is 0 Å². The molecule has 0 aliphatic rings. The lowest BCUT2D eigenvalue weighted by Gasteiger charge is -2.17. The van der Waals surface area contributed by atoms with Crippen molar-refractivity contribution in [2.45, 2.75) is 12.8 Å². The van der Waals surface area contributed by atoms with E-state index >= 15 is 0 Å². The van der Waals surface area contributed by atoms with Crippen LogP contribution in [0.25, 0.3) is 0 Å². The minimum atomic E-state index is 0.284. The van der Waals surface area contributed by atoms with Crippen molar-refractivity contribution in [3.8, 4) is 0 Å². The Bertz CT molecular complexity index is 281. The maximum absolute atomic E-state index is 5.68. The zero-order valence-corrected chi connectivity index (χ0v) is 9.59. The normalized spacial score (nSPS) is 10.2. The fraction of sp³-hybridized carbons (Fsp3) is 0.556. The van der Waals surface area contributed by atoms with Gasteiger partial charge in [-0.3, -0.25) is 0 Å². The molecule has 0 unspecified atom stereocenters. The summed E-state index contributed by atoms with van der Waals surface area (Å²) in [5.41, 5.74) is 0. The van der Waals surface area contributed by atoms with Crippen molar-refractivity contribution in [1.82, 2.24) is 9.97 Å². The quantitative estimate of drug-likeness (QED) is 0.445. The van der Waals surface area contributed by atoms with E-state index in [1.165, 1.54) is 0 Å². The number of aromatic nitrogens is 2. The smallest absolute Gasteiger partial charge is 0.224 e. The molecule has 0 aliphatic heterocycles. The third-order valence-electron chi connectivity index (χ3n) is 1.88. The van der Waals surface area contributed by atoms with Gasteiger partial charge in [-0.15, -0.1) is 11.6 Å². The average Bonchev–Trinajstić information content (AvgIpc) is 2.18. The minimum absolute atomic E-state index is 0.284. The summed E-state index contributed by atoms with van der Waals surface area (Å²) in [4.78, 5) is 9.97. The van der Waals surface area contributed by atoms with Gasteiger partial charge in [-0.1, -0.05) is 0 Å². The van der Waals surface area contributed by atoms with Gasteiger partial charge < -0.3 is 4.90 Å². The van der Waals surface area contributed by atoms with Crippen LogP contribution in [0.5, 0.6) is 0 Å². The molecule has 0 spiro atoms. The first kappa shape index (κ1) is 11.5. The number of rotatable bonds is 5. The van der Waals surface area contributed by atoms with Gasteiger partial charge in [0.25, 0.3) is 0 Å². The highest BCUT2D eigenvalue weighted by molar-refractivity contribution is 6.28. The van der Waals surface area contributed by atoms with E-state index in [-0.39, 0.29) is 5.28 Å². The molecule has 3 nitrogen and oxygen atoms in total. The van der Waals surface area contributed by atoms with Crippen LogP contribution >= 0.6 is 23.2 Å². The Morgan fingerprint density at radius 1 is 1.43 bits per heavy atom. The molecule has 0 saturated heterocycles. The first-order valence-corrected chi connectivity index (χ1v) is 5.41. The first-order chi connectivity index (χ1) is 6.74. The van der Waals surface area contributed by atoms with Crippen LogP contribution in [0.4, 0.5) is 5.82 Å². The maximum atomic E-state index is 5.68. The maximum Gasteiger partial charge on any atom is 0.224 e. The van der Waals surface area contributed by atoms with E-state index in [2.05, 4.69) is 9.97 Å². The molecular formula is C9H13Cl2N3. The molecule has 0 saturated carbocycles. The van der Waals surface area contributed by atoms with Crippen molar-refractivity contribution in [1.29, 1.82) is 0 Å². The van der Waals surface area contributed by atoms with Crippen molar-refractivity contribution >= 4 is 29.0 Å². The van der Waals surface area contributed by atoms with Crippen LogP contribution in [-0.2, 0) is 0 Å². The van der Waals surface area contributed by atoms with E-state index in [9.17, 15) is 0 Å². The van der Waals surface area contributed by atoms with Crippen molar-refractivity contribution in [3.05, 3.63) is 17.5 Å². The van der Waals surface area contributed by atoms with Crippen LogP contribution in [0.3, 0.4) is 0 Å². The van der Waals surface area contributed by atoms with E-state index in [0.29, 0.717) is 5.88 Å². The molecule has 0 fully saturated rings. The molecule has 1 heterocycles. The summed E-state index contributed by atoms with van der Waals surface area (Å²) in [6.07, 6.45) is 3.73. The third kappa shape index (κ3) is 3.68. The highest BCUT2D eigenvalue weighted by Crippen LogP contribution is 2.11. The number of halogens is 2. The van der Waals surface area contributed by atoms with E-state index in [1.807, 2.05) is 18.0 Å². The number of unbranched alkanes of at least 4 members (excludes halogenated alkanes) is 1. The Morgan fingerprint density at radius 3 is 2.86 bits per heavy atom. The molecule has 1 aromatic rings. The van der Waals surface area contributed by atoms with Crippen LogP contribution in [0.15, 0.2) is 12.3 Å². The van der Waals surface area contributed by atoms with Crippen LogP contribution < -0.4 is 4.90 Å². The summed E-state index contributed by atoms with van der Waals surface area (Å²) in [5, 5.41) is 0.284. The molecule has 0 radical (unpaired) electrons. The van der Waals surface area contributed by atoms with E-state index in [1.54, 1.807) is 6.20 Å². The topological polar surface area (TPSA) is 29.0 Å². The molecule has 0 aliphatic carbocycles. The van der Waals surface area contributed by atoms with Crippen molar-refractivity contribution in [3.63, 3.8) is 0 Å². The van der Waals surface area contributed by atoms with Gasteiger partial charge in [-0.2, -0.15) is 0 Å². The number of nitrogens with zero attached hydrogens (tertiary/aromatic N) is 3. The molecule has 5 heteroatoms. The highest BCUT2D eigenvalue weighted by Gasteiger charge is 2.02. The highest BCUT2D eigenvalue weighted by atomic mass is 35.5. The second kappa shape index (κ2) is 6.04. The summed E-state index contributed by atoms with van der Waals surface area (Å²) < 4.78 is 0. The number of hydrogen-bond donors (Lipinski definition) is 0. The summed E-state index contributed by atoms with van der Waals surface area (Å²) in [6.45, 7) is 0.931. The van der Waals surface area contributed by atoms with Crippen LogP contribution in [-0.4, -0.2) is 29.4 Å². The van der Waals surface area contributed by atoms with Gasteiger partial charge in [0.15, 0.2) is 0 Å². The number of anilines is 1. The molecule has 78 valence electrons. The second-order valence-electron chi connectivity index (χ2n) is 3.00. The summed E-state index contributed by atoms with van der Waals surface area (Å²) in [5.74, 6) is 1.55. The molecule has 1 rings (SSSR count). The lowest BCUT2D eigenvalue weighted by molar-refractivity contribution is 0.761. The molecule has 0 atom stereocenters. The molecule has 14 heavy (non-hydrogen) atoms. The predicted molar refractivity (Wildman–Crippen MR) is 60.3 cm³/mol. The van der Waals surface area contributed by atoms with Crippen LogP contribution in [0.2, 0.25) is 5.28 Å². The van der Waals surface area contributed by atoms with Gasteiger partial charge >= 0.3 is 0 Å². The SMILES string of the molecule is CN(CCCCCl)c1ccnc(Cl)n1. The third-order valence-corrected chi connectivity index (χ3v) is 2.33. The Kier molecular flexibility index (Phi) is 4.98. The van der Waals surface area contributed by atoms with Gasteiger partial charge in [0.2, 0.25) is 5.28 Å². The molecule has 0 amide bonds. The monoisotopic (exact) mass is 233 g/mol. The van der Waals surface area contributed by atoms with E-state index < -0.39 is 0 Å². The Balaban J connectivity index is 2.47.